The second-order valence-corrected chi connectivity index (χ2v) is 7.38. The highest BCUT2D eigenvalue weighted by Crippen LogP contribution is 2.26. The number of carbonyl (C=O) groups excluding carboxylic acids is 1. The molecule has 0 spiro atoms. The molecular formula is C23H22N4O4. The Morgan fingerprint density at radius 3 is 2.77 bits per heavy atom. The minimum atomic E-state index is -0.493. The number of aromatic amines is 1. The van der Waals surface area contributed by atoms with Crippen LogP contribution in [0.25, 0.3) is 10.9 Å². The molecule has 1 atom stereocenters. The molecule has 0 fully saturated rings. The Balaban J connectivity index is 1.51. The first-order valence-corrected chi connectivity index (χ1v) is 9.96. The first-order valence-electron chi connectivity index (χ1n) is 9.96. The van der Waals surface area contributed by atoms with Crippen LogP contribution in [0.5, 0.6) is 0 Å². The van der Waals surface area contributed by atoms with Crippen molar-refractivity contribution in [2.75, 3.05) is 0 Å². The number of H-pyrrole nitrogens is 1. The summed E-state index contributed by atoms with van der Waals surface area (Å²) in [7, 11) is 1.87. The summed E-state index contributed by atoms with van der Waals surface area (Å²) in [6, 6.07) is 14.5. The number of benzene rings is 2. The molecule has 0 amide bonds. The Morgan fingerprint density at radius 2 is 2.06 bits per heavy atom. The van der Waals surface area contributed by atoms with Crippen LogP contribution >= 0.6 is 0 Å². The maximum atomic E-state index is 12.8. The van der Waals surface area contributed by atoms with E-state index in [0.717, 1.165) is 17.5 Å². The highest BCUT2D eigenvalue weighted by molar-refractivity contribution is 5.88. The second kappa shape index (κ2) is 8.83. The van der Waals surface area contributed by atoms with Gasteiger partial charge in [0.05, 0.1) is 11.3 Å². The minimum absolute atomic E-state index is 0.00737. The molecule has 2 heterocycles. The van der Waals surface area contributed by atoms with Gasteiger partial charge in [0.2, 0.25) is 0 Å². The van der Waals surface area contributed by atoms with Crippen LogP contribution in [0.1, 0.15) is 29.5 Å². The minimum Gasteiger partial charge on any atom is -0.454 e. The van der Waals surface area contributed by atoms with Crippen LogP contribution in [0.2, 0.25) is 0 Å². The number of nitrogens with one attached hydrogen (secondary N) is 1. The summed E-state index contributed by atoms with van der Waals surface area (Å²) in [6.07, 6.45) is 6.04. The zero-order valence-electron chi connectivity index (χ0n) is 17.0. The second-order valence-electron chi connectivity index (χ2n) is 7.38. The number of aromatic nitrogens is 3. The number of rotatable bonds is 8. The van der Waals surface area contributed by atoms with E-state index >= 15 is 0 Å². The van der Waals surface area contributed by atoms with Crippen molar-refractivity contribution in [1.29, 1.82) is 0 Å². The molecule has 0 saturated heterocycles. The molecule has 1 unspecified atom stereocenters. The standard InChI is InChI=1S/C23H22N4O4/c1-26-12-11-24-23(26)21(10-7-16-5-3-2-4-6-16)31-22(28)13-17-15-25-20-9-8-18(27(29)30)14-19(17)20/h2-6,8-9,11-12,14-15,21,25H,7,10,13H2,1H3. The molecule has 4 aromatic rings. The van der Waals surface area contributed by atoms with Crippen LogP contribution in [0, 0.1) is 10.1 Å². The van der Waals surface area contributed by atoms with E-state index in [-0.39, 0.29) is 12.1 Å². The average Bonchev–Trinajstić information content (AvgIpc) is 3.37. The molecule has 1 N–H and O–H groups in total. The van der Waals surface area contributed by atoms with E-state index < -0.39 is 17.0 Å². The first kappa shape index (κ1) is 20.3. The molecule has 0 saturated carbocycles. The van der Waals surface area contributed by atoms with Gasteiger partial charge in [0.1, 0.15) is 5.82 Å². The molecule has 2 aromatic carbocycles. The molecule has 2 aromatic heterocycles. The number of aryl methyl sites for hydroxylation is 2. The van der Waals surface area contributed by atoms with Crippen molar-refractivity contribution in [2.45, 2.75) is 25.4 Å². The maximum absolute atomic E-state index is 12.8. The Labute approximate surface area is 178 Å². The molecule has 0 aliphatic carbocycles. The van der Waals surface area contributed by atoms with Gasteiger partial charge in [0.15, 0.2) is 6.10 Å². The van der Waals surface area contributed by atoms with E-state index in [4.69, 9.17) is 4.74 Å². The Bertz CT molecular complexity index is 1210. The smallest absolute Gasteiger partial charge is 0.311 e. The van der Waals surface area contributed by atoms with Crippen molar-refractivity contribution in [3.8, 4) is 0 Å². The molecule has 0 bridgehead atoms. The van der Waals surface area contributed by atoms with Crippen LogP contribution < -0.4 is 0 Å². The molecule has 8 heteroatoms. The zero-order chi connectivity index (χ0) is 21.8. The molecule has 158 valence electrons. The number of nitro benzene ring substituents is 1. The highest BCUT2D eigenvalue weighted by Gasteiger charge is 2.22. The third-order valence-corrected chi connectivity index (χ3v) is 5.25. The quantitative estimate of drug-likeness (QED) is 0.261. The van der Waals surface area contributed by atoms with Gasteiger partial charge in [0.25, 0.3) is 5.69 Å². The van der Waals surface area contributed by atoms with Crippen molar-refractivity contribution in [1.82, 2.24) is 14.5 Å². The lowest BCUT2D eigenvalue weighted by molar-refractivity contribution is -0.384. The van der Waals surface area contributed by atoms with Crippen LogP contribution in [0.3, 0.4) is 0 Å². The topological polar surface area (TPSA) is 103 Å². The average molecular weight is 418 g/mol. The van der Waals surface area contributed by atoms with Crippen LogP contribution in [-0.2, 0) is 29.4 Å². The van der Waals surface area contributed by atoms with Gasteiger partial charge in [-0.15, -0.1) is 0 Å². The van der Waals surface area contributed by atoms with Crippen molar-refractivity contribution >= 4 is 22.6 Å². The van der Waals surface area contributed by atoms with Gasteiger partial charge in [-0.05, 0) is 30.0 Å². The summed E-state index contributed by atoms with van der Waals surface area (Å²) in [5.41, 5.74) is 2.53. The van der Waals surface area contributed by atoms with E-state index in [0.29, 0.717) is 23.2 Å². The van der Waals surface area contributed by atoms with Crippen LogP contribution in [0.15, 0.2) is 67.1 Å². The Morgan fingerprint density at radius 1 is 1.26 bits per heavy atom. The fraction of sp³-hybridized carbons (Fsp3) is 0.217. The number of carbonyl (C=O) groups is 1. The first-order chi connectivity index (χ1) is 15.0. The van der Waals surface area contributed by atoms with Gasteiger partial charge in [-0.1, -0.05) is 30.3 Å². The SMILES string of the molecule is Cn1ccnc1C(CCc1ccccc1)OC(=O)Cc1c[nH]c2ccc([N+](=O)[O-])cc12. The fourth-order valence-electron chi connectivity index (χ4n) is 3.65. The molecule has 0 radical (unpaired) electrons. The number of esters is 1. The van der Waals surface area contributed by atoms with E-state index in [1.807, 2.05) is 48.1 Å². The zero-order valence-corrected chi connectivity index (χ0v) is 17.0. The van der Waals surface area contributed by atoms with Crippen molar-refractivity contribution < 1.29 is 14.5 Å². The number of fused-ring (bicyclic) bond motifs is 1. The predicted octanol–water partition coefficient (Wildman–Crippen LogP) is 4.27. The summed E-state index contributed by atoms with van der Waals surface area (Å²) in [5.74, 6) is 0.271. The number of hydrogen-bond donors (Lipinski definition) is 1. The van der Waals surface area contributed by atoms with Gasteiger partial charge in [-0.2, -0.15) is 0 Å². The molecular weight excluding hydrogens is 396 g/mol. The number of hydrogen-bond acceptors (Lipinski definition) is 5. The molecule has 4 rings (SSSR count). The Kier molecular flexibility index (Phi) is 5.79. The van der Waals surface area contributed by atoms with Gasteiger partial charge in [-0.25, -0.2) is 4.98 Å². The summed E-state index contributed by atoms with van der Waals surface area (Å²) >= 11 is 0. The van der Waals surface area contributed by atoms with Gasteiger partial charge < -0.3 is 14.3 Å². The third-order valence-electron chi connectivity index (χ3n) is 5.25. The summed E-state index contributed by atoms with van der Waals surface area (Å²) < 4.78 is 7.67. The lowest BCUT2D eigenvalue weighted by Crippen LogP contribution is -2.17. The fourth-order valence-corrected chi connectivity index (χ4v) is 3.65. The van der Waals surface area contributed by atoms with E-state index in [1.54, 1.807) is 18.5 Å². The van der Waals surface area contributed by atoms with Gasteiger partial charge in [-0.3, -0.25) is 14.9 Å². The highest BCUT2D eigenvalue weighted by atomic mass is 16.6. The van der Waals surface area contributed by atoms with E-state index in [2.05, 4.69) is 9.97 Å². The maximum Gasteiger partial charge on any atom is 0.311 e. The van der Waals surface area contributed by atoms with Crippen LogP contribution in [0.4, 0.5) is 5.69 Å². The molecule has 0 aliphatic heterocycles. The van der Waals surface area contributed by atoms with Crippen LogP contribution in [-0.4, -0.2) is 25.4 Å². The van der Waals surface area contributed by atoms with Gasteiger partial charge in [0, 0.05) is 48.7 Å². The number of nitro groups is 1. The van der Waals surface area contributed by atoms with Crippen molar-refractivity contribution in [2.24, 2.45) is 7.05 Å². The summed E-state index contributed by atoms with van der Waals surface area (Å²) in [5, 5.41) is 11.7. The van der Waals surface area contributed by atoms with Crippen molar-refractivity contribution in [3.05, 3.63) is 94.2 Å². The molecule has 8 nitrogen and oxygen atoms in total. The lowest BCUT2D eigenvalue weighted by Gasteiger charge is -2.18. The van der Waals surface area contributed by atoms with Crippen molar-refractivity contribution in [3.63, 3.8) is 0 Å². The van der Waals surface area contributed by atoms with E-state index in [1.165, 1.54) is 12.1 Å². The van der Waals surface area contributed by atoms with Gasteiger partial charge >= 0.3 is 5.97 Å². The monoisotopic (exact) mass is 418 g/mol. The normalized spacial score (nSPS) is 12.0. The number of imidazole rings is 1. The lowest BCUT2D eigenvalue weighted by atomic mass is 10.1. The summed E-state index contributed by atoms with van der Waals surface area (Å²) in [4.78, 5) is 30.9. The Hall–Kier alpha value is -3.94. The third kappa shape index (κ3) is 4.63. The number of ether oxygens (including phenoxy) is 1. The molecule has 31 heavy (non-hydrogen) atoms. The number of nitrogens with zero attached hydrogens (tertiary/aromatic N) is 3. The summed E-state index contributed by atoms with van der Waals surface area (Å²) in [6.45, 7) is 0. The largest absolute Gasteiger partial charge is 0.454 e. The molecule has 0 aliphatic rings. The number of non-ortho nitro benzene ring substituents is 1. The predicted molar refractivity (Wildman–Crippen MR) is 115 cm³/mol. The van der Waals surface area contributed by atoms with E-state index in [9.17, 15) is 14.9 Å².